The normalized spacial score (nSPS) is 13.2. The first-order chi connectivity index (χ1) is 9.22. The van der Waals surface area contributed by atoms with Crippen molar-refractivity contribution in [2.24, 2.45) is 0 Å². The first-order valence-electron chi connectivity index (χ1n) is 6.59. The van der Waals surface area contributed by atoms with Crippen LogP contribution in [0.1, 0.15) is 39.3 Å². The lowest BCUT2D eigenvalue weighted by molar-refractivity contribution is 0.102. The fourth-order valence-corrected chi connectivity index (χ4v) is 3.41. The first-order valence-corrected chi connectivity index (χ1v) is 7.40. The van der Waals surface area contributed by atoms with Crippen LogP contribution in [-0.2, 0) is 12.8 Å². The highest BCUT2D eigenvalue weighted by molar-refractivity contribution is 7.15. The Morgan fingerprint density at radius 1 is 1.30 bits per heavy atom. The van der Waals surface area contributed by atoms with E-state index in [4.69, 9.17) is 0 Å². The highest BCUT2D eigenvalue weighted by Crippen LogP contribution is 2.29. The van der Waals surface area contributed by atoms with E-state index in [0.717, 1.165) is 23.5 Å². The van der Waals surface area contributed by atoms with E-state index in [1.165, 1.54) is 23.4 Å². The van der Waals surface area contributed by atoms with Crippen LogP contribution in [0, 0.1) is 6.92 Å². The number of aromatic nitrogens is 1. The van der Waals surface area contributed by atoms with Gasteiger partial charge in [-0.05, 0) is 44.7 Å². The maximum atomic E-state index is 12.1. The summed E-state index contributed by atoms with van der Waals surface area (Å²) in [5.41, 5.74) is 2.95. The summed E-state index contributed by atoms with van der Waals surface area (Å²) < 4.78 is 0. The summed E-state index contributed by atoms with van der Waals surface area (Å²) >= 11 is 1.62. The van der Waals surface area contributed by atoms with Gasteiger partial charge in [0.2, 0.25) is 0 Å². The van der Waals surface area contributed by atoms with Crippen molar-refractivity contribution in [3.8, 4) is 0 Å². The maximum absolute atomic E-state index is 12.1. The average Bonchev–Trinajstić information content (AvgIpc) is 2.80. The van der Waals surface area contributed by atoms with Crippen LogP contribution in [0.25, 0.3) is 0 Å². The molecule has 1 aliphatic carbocycles. The van der Waals surface area contributed by atoms with Crippen LogP contribution >= 0.6 is 23.7 Å². The Morgan fingerprint density at radius 3 is 2.85 bits per heavy atom. The van der Waals surface area contributed by atoms with Crippen LogP contribution < -0.4 is 5.32 Å². The molecule has 0 saturated carbocycles. The van der Waals surface area contributed by atoms with E-state index in [1.807, 2.05) is 31.2 Å². The molecule has 0 saturated heterocycles. The Morgan fingerprint density at radius 2 is 2.10 bits per heavy atom. The van der Waals surface area contributed by atoms with Crippen LogP contribution in [-0.4, -0.2) is 10.9 Å². The zero-order valence-corrected chi connectivity index (χ0v) is 12.9. The second-order valence-corrected chi connectivity index (χ2v) is 6.00. The number of amides is 1. The van der Waals surface area contributed by atoms with Crippen molar-refractivity contribution >= 4 is 34.8 Å². The summed E-state index contributed by atoms with van der Waals surface area (Å²) in [4.78, 5) is 18.0. The van der Waals surface area contributed by atoms with E-state index in [2.05, 4.69) is 10.3 Å². The molecule has 0 bridgehead atoms. The van der Waals surface area contributed by atoms with Crippen LogP contribution in [0.5, 0.6) is 0 Å². The zero-order valence-electron chi connectivity index (χ0n) is 11.3. The highest BCUT2D eigenvalue weighted by atomic mass is 35.5. The third kappa shape index (κ3) is 3.19. The zero-order chi connectivity index (χ0) is 13.2. The number of rotatable bonds is 2. The SMILES string of the molecule is Cc1cccc(C(=O)Nc2nc3c(s2)CCCC3)c1.Cl. The molecule has 0 fully saturated rings. The monoisotopic (exact) mass is 308 g/mol. The minimum atomic E-state index is -0.0743. The van der Waals surface area contributed by atoms with E-state index in [1.54, 1.807) is 11.3 Å². The summed E-state index contributed by atoms with van der Waals surface area (Å²) in [6.45, 7) is 1.98. The van der Waals surface area contributed by atoms with Crippen LogP contribution in [0.4, 0.5) is 5.13 Å². The van der Waals surface area contributed by atoms with Gasteiger partial charge in [0.1, 0.15) is 0 Å². The van der Waals surface area contributed by atoms with Gasteiger partial charge in [-0.2, -0.15) is 0 Å². The molecule has 0 unspecified atom stereocenters. The molecule has 2 aromatic rings. The fourth-order valence-electron chi connectivity index (χ4n) is 2.36. The number of aryl methyl sites for hydroxylation is 3. The molecule has 1 aromatic heterocycles. The van der Waals surface area contributed by atoms with E-state index in [0.29, 0.717) is 5.56 Å². The van der Waals surface area contributed by atoms with Gasteiger partial charge in [0.05, 0.1) is 5.69 Å². The fraction of sp³-hybridized carbons (Fsp3) is 0.333. The number of hydrogen-bond acceptors (Lipinski definition) is 3. The van der Waals surface area contributed by atoms with Gasteiger partial charge in [-0.15, -0.1) is 23.7 Å². The van der Waals surface area contributed by atoms with Crippen molar-refractivity contribution in [2.45, 2.75) is 32.6 Å². The van der Waals surface area contributed by atoms with Gasteiger partial charge in [0.15, 0.2) is 5.13 Å². The van der Waals surface area contributed by atoms with E-state index >= 15 is 0 Å². The van der Waals surface area contributed by atoms with Crippen molar-refractivity contribution < 1.29 is 4.79 Å². The third-order valence-corrected chi connectivity index (χ3v) is 4.42. The van der Waals surface area contributed by atoms with Gasteiger partial charge >= 0.3 is 0 Å². The van der Waals surface area contributed by atoms with Gasteiger partial charge < -0.3 is 0 Å². The number of nitrogens with one attached hydrogen (secondary N) is 1. The number of nitrogens with zero attached hydrogens (tertiary/aromatic N) is 1. The summed E-state index contributed by atoms with van der Waals surface area (Å²) in [5.74, 6) is -0.0743. The molecule has 0 atom stereocenters. The molecule has 1 heterocycles. The number of carbonyl (C=O) groups excluding carboxylic acids is 1. The predicted octanol–water partition coefficient (Wildman–Crippen LogP) is 4.00. The molecule has 1 amide bonds. The van der Waals surface area contributed by atoms with Crippen LogP contribution in [0.2, 0.25) is 0 Å². The van der Waals surface area contributed by atoms with E-state index in [-0.39, 0.29) is 18.3 Å². The predicted molar refractivity (Wildman–Crippen MR) is 85.1 cm³/mol. The molecule has 1 aliphatic rings. The molecule has 0 spiro atoms. The second-order valence-electron chi connectivity index (χ2n) is 4.92. The van der Waals surface area contributed by atoms with Crippen molar-refractivity contribution in [1.82, 2.24) is 4.98 Å². The van der Waals surface area contributed by atoms with Crippen molar-refractivity contribution in [3.63, 3.8) is 0 Å². The number of fused-ring (bicyclic) bond motifs is 1. The Balaban J connectivity index is 0.00000147. The molecule has 1 N–H and O–H groups in total. The van der Waals surface area contributed by atoms with Crippen molar-refractivity contribution in [3.05, 3.63) is 46.0 Å². The van der Waals surface area contributed by atoms with E-state index < -0.39 is 0 Å². The van der Waals surface area contributed by atoms with Gasteiger partial charge in [0.25, 0.3) is 5.91 Å². The Labute approximate surface area is 128 Å². The summed E-state index contributed by atoms with van der Waals surface area (Å²) in [5, 5.41) is 3.65. The van der Waals surface area contributed by atoms with Gasteiger partial charge in [0, 0.05) is 10.4 Å². The molecule has 0 radical (unpaired) electrons. The number of thiazole rings is 1. The molecule has 106 valence electrons. The lowest BCUT2D eigenvalue weighted by Gasteiger charge is -2.06. The van der Waals surface area contributed by atoms with Gasteiger partial charge in [-0.25, -0.2) is 4.98 Å². The molecule has 3 rings (SSSR count). The second kappa shape index (κ2) is 6.37. The van der Waals surface area contributed by atoms with E-state index in [9.17, 15) is 4.79 Å². The molecule has 1 aromatic carbocycles. The summed E-state index contributed by atoms with van der Waals surface area (Å²) in [7, 11) is 0. The minimum Gasteiger partial charge on any atom is -0.298 e. The molecular formula is C15H17ClN2OS. The van der Waals surface area contributed by atoms with Gasteiger partial charge in [-0.1, -0.05) is 17.7 Å². The van der Waals surface area contributed by atoms with Gasteiger partial charge in [-0.3, -0.25) is 10.1 Å². The van der Waals surface area contributed by atoms with Crippen molar-refractivity contribution in [2.75, 3.05) is 5.32 Å². The Hall–Kier alpha value is -1.39. The number of anilines is 1. The molecule has 20 heavy (non-hydrogen) atoms. The summed E-state index contributed by atoms with van der Waals surface area (Å²) in [6, 6.07) is 7.61. The number of benzene rings is 1. The Bertz CT molecular complexity index is 601. The first kappa shape index (κ1) is 15.0. The lowest BCUT2D eigenvalue weighted by Crippen LogP contribution is -2.11. The van der Waals surface area contributed by atoms with Crippen LogP contribution in [0.15, 0.2) is 24.3 Å². The standard InChI is InChI=1S/C15H16N2OS.ClH/c1-10-5-4-6-11(9-10)14(18)17-15-16-12-7-2-3-8-13(12)19-15;/h4-6,9H,2-3,7-8H2,1H3,(H,16,17,18);1H. The quantitative estimate of drug-likeness (QED) is 0.911. The number of carbonyl (C=O) groups is 1. The van der Waals surface area contributed by atoms with Crippen LogP contribution in [0.3, 0.4) is 0 Å². The maximum Gasteiger partial charge on any atom is 0.257 e. The molecule has 0 aliphatic heterocycles. The minimum absolute atomic E-state index is 0. The van der Waals surface area contributed by atoms with Crippen molar-refractivity contribution in [1.29, 1.82) is 0 Å². The highest BCUT2D eigenvalue weighted by Gasteiger charge is 2.16. The molecule has 5 heteroatoms. The smallest absolute Gasteiger partial charge is 0.257 e. The number of hydrogen-bond donors (Lipinski definition) is 1. The average molecular weight is 309 g/mol. The largest absolute Gasteiger partial charge is 0.298 e. The summed E-state index contributed by atoms with van der Waals surface area (Å²) in [6.07, 6.45) is 4.60. The number of halogens is 1. The molecule has 3 nitrogen and oxygen atoms in total. The molecular weight excluding hydrogens is 292 g/mol. The topological polar surface area (TPSA) is 42.0 Å². The third-order valence-electron chi connectivity index (χ3n) is 3.35. The Kier molecular flexibility index (Phi) is 4.78. The lowest BCUT2D eigenvalue weighted by atomic mass is 10.0.